The van der Waals surface area contributed by atoms with Gasteiger partial charge in [-0.15, -0.1) is 0 Å². The number of hydrogen-bond acceptors (Lipinski definition) is 2. The molecular formula is C12H15F3N2O. The predicted octanol–water partition coefficient (Wildman–Crippen LogP) is 2.42. The van der Waals surface area contributed by atoms with Gasteiger partial charge in [0.2, 0.25) is 5.91 Å². The molecular weight excluding hydrogens is 245 g/mol. The highest BCUT2D eigenvalue weighted by Gasteiger charge is 2.18. The molecule has 0 radical (unpaired) electrons. The first-order valence-corrected chi connectivity index (χ1v) is 5.65. The number of carbonyl (C=O) groups excluding carboxylic acids is 1. The lowest BCUT2D eigenvalue weighted by molar-refractivity contribution is -0.119. The standard InChI is InChI=1S/C12H15F3N2O/c1-2-3-7(6-16)12(18)17-11-5-9(14)8(13)4-10(11)15/h4-5,7H,2-3,6,16H2,1H3,(H,17,18). The average Bonchev–Trinajstić information content (AvgIpc) is 2.32. The maximum absolute atomic E-state index is 13.3. The van der Waals surface area contributed by atoms with Crippen LogP contribution in [0.25, 0.3) is 0 Å². The lowest BCUT2D eigenvalue weighted by Gasteiger charge is -2.14. The van der Waals surface area contributed by atoms with Crippen LogP contribution in [0.1, 0.15) is 19.8 Å². The largest absolute Gasteiger partial charge is 0.330 e. The number of benzene rings is 1. The summed E-state index contributed by atoms with van der Waals surface area (Å²) < 4.78 is 38.9. The maximum atomic E-state index is 13.3. The summed E-state index contributed by atoms with van der Waals surface area (Å²) in [7, 11) is 0. The highest BCUT2D eigenvalue weighted by molar-refractivity contribution is 5.92. The third-order valence-electron chi connectivity index (χ3n) is 2.56. The second-order valence-electron chi connectivity index (χ2n) is 3.96. The Morgan fingerprint density at radius 1 is 1.28 bits per heavy atom. The van der Waals surface area contributed by atoms with Crippen LogP contribution in [-0.2, 0) is 4.79 Å². The van der Waals surface area contributed by atoms with Gasteiger partial charge in [-0.05, 0) is 6.42 Å². The highest BCUT2D eigenvalue weighted by atomic mass is 19.2. The molecule has 1 aromatic rings. The molecule has 6 heteroatoms. The van der Waals surface area contributed by atoms with Crippen LogP contribution in [0.5, 0.6) is 0 Å². The van der Waals surface area contributed by atoms with Gasteiger partial charge in [0.1, 0.15) is 5.82 Å². The van der Waals surface area contributed by atoms with Crippen LogP contribution in [0.2, 0.25) is 0 Å². The summed E-state index contributed by atoms with van der Waals surface area (Å²) in [6.45, 7) is 2.00. The Hall–Kier alpha value is -1.56. The molecule has 18 heavy (non-hydrogen) atoms. The van der Waals surface area contributed by atoms with Crippen LogP contribution < -0.4 is 11.1 Å². The smallest absolute Gasteiger partial charge is 0.228 e. The van der Waals surface area contributed by atoms with Gasteiger partial charge in [-0.1, -0.05) is 13.3 Å². The number of nitrogens with two attached hydrogens (primary N) is 1. The molecule has 100 valence electrons. The molecule has 0 aliphatic rings. The predicted molar refractivity (Wildman–Crippen MR) is 62.4 cm³/mol. The minimum absolute atomic E-state index is 0.116. The van der Waals surface area contributed by atoms with E-state index in [0.717, 1.165) is 6.42 Å². The molecule has 0 saturated carbocycles. The van der Waals surface area contributed by atoms with E-state index < -0.39 is 29.3 Å². The SMILES string of the molecule is CCCC(CN)C(=O)Nc1cc(F)c(F)cc1F. The summed E-state index contributed by atoms with van der Waals surface area (Å²) in [4.78, 5) is 11.7. The third-order valence-corrected chi connectivity index (χ3v) is 2.56. The zero-order valence-corrected chi connectivity index (χ0v) is 9.97. The van der Waals surface area contributed by atoms with Crippen LogP contribution in [0.4, 0.5) is 18.9 Å². The van der Waals surface area contributed by atoms with E-state index in [4.69, 9.17) is 5.73 Å². The van der Waals surface area contributed by atoms with Crippen LogP contribution in [-0.4, -0.2) is 12.5 Å². The molecule has 1 unspecified atom stereocenters. The number of amides is 1. The Kier molecular flexibility index (Phi) is 5.15. The van der Waals surface area contributed by atoms with E-state index in [9.17, 15) is 18.0 Å². The zero-order valence-electron chi connectivity index (χ0n) is 9.97. The Balaban J connectivity index is 2.84. The number of halogens is 3. The Morgan fingerprint density at radius 2 is 1.89 bits per heavy atom. The fourth-order valence-corrected chi connectivity index (χ4v) is 1.56. The quantitative estimate of drug-likeness (QED) is 0.799. The molecule has 0 heterocycles. The van der Waals surface area contributed by atoms with Gasteiger partial charge >= 0.3 is 0 Å². The van der Waals surface area contributed by atoms with Crippen molar-refractivity contribution in [1.29, 1.82) is 0 Å². The second kappa shape index (κ2) is 6.39. The molecule has 0 aliphatic heterocycles. The van der Waals surface area contributed by atoms with Crippen molar-refractivity contribution in [2.24, 2.45) is 11.7 Å². The van der Waals surface area contributed by atoms with Crippen molar-refractivity contribution < 1.29 is 18.0 Å². The van der Waals surface area contributed by atoms with Gasteiger partial charge < -0.3 is 11.1 Å². The second-order valence-corrected chi connectivity index (χ2v) is 3.96. The molecule has 1 amide bonds. The average molecular weight is 260 g/mol. The number of anilines is 1. The fourth-order valence-electron chi connectivity index (χ4n) is 1.56. The van der Waals surface area contributed by atoms with Crippen LogP contribution in [0.15, 0.2) is 12.1 Å². The molecule has 0 saturated heterocycles. The topological polar surface area (TPSA) is 55.1 Å². The van der Waals surface area contributed by atoms with Crippen molar-refractivity contribution in [2.75, 3.05) is 11.9 Å². The van der Waals surface area contributed by atoms with Gasteiger partial charge in [0.25, 0.3) is 0 Å². The Labute approximate surface area is 103 Å². The summed E-state index contributed by atoms with van der Waals surface area (Å²) >= 11 is 0. The molecule has 0 spiro atoms. The first-order chi connectivity index (χ1) is 8.49. The van der Waals surface area contributed by atoms with E-state index in [1.165, 1.54) is 0 Å². The normalized spacial score (nSPS) is 12.3. The number of rotatable bonds is 5. The molecule has 3 nitrogen and oxygen atoms in total. The molecule has 0 aliphatic carbocycles. The van der Waals surface area contributed by atoms with Crippen molar-refractivity contribution in [3.63, 3.8) is 0 Å². The van der Waals surface area contributed by atoms with E-state index in [1.807, 2.05) is 6.92 Å². The van der Waals surface area contributed by atoms with E-state index >= 15 is 0 Å². The number of carbonyl (C=O) groups is 1. The lowest BCUT2D eigenvalue weighted by atomic mass is 10.0. The van der Waals surface area contributed by atoms with Gasteiger partial charge in [-0.3, -0.25) is 4.79 Å². The summed E-state index contributed by atoms with van der Waals surface area (Å²) in [5, 5.41) is 2.21. The number of hydrogen-bond donors (Lipinski definition) is 2. The molecule has 0 fully saturated rings. The van der Waals surface area contributed by atoms with Gasteiger partial charge in [-0.25, -0.2) is 13.2 Å². The summed E-state index contributed by atoms with van der Waals surface area (Å²) in [5.74, 6) is -4.50. The first kappa shape index (κ1) is 14.5. The summed E-state index contributed by atoms with van der Waals surface area (Å²) in [6, 6.07) is 1.00. The van der Waals surface area contributed by atoms with E-state index in [2.05, 4.69) is 5.32 Å². The molecule has 1 rings (SSSR count). The van der Waals surface area contributed by atoms with Crippen LogP contribution in [0.3, 0.4) is 0 Å². The molecule has 3 N–H and O–H groups in total. The van der Waals surface area contributed by atoms with Crippen molar-refractivity contribution in [3.05, 3.63) is 29.6 Å². The molecule has 0 aromatic heterocycles. The van der Waals surface area contributed by atoms with Crippen molar-refractivity contribution >= 4 is 11.6 Å². The fraction of sp³-hybridized carbons (Fsp3) is 0.417. The van der Waals surface area contributed by atoms with Crippen LogP contribution in [0, 0.1) is 23.4 Å². The van der Waals surface area contributed by atoms with Gasteiger partial charge in [0.15, 0.2) is 11.6 Å². The lowest BCUT2D eigenvalue weighted by Crippen LogP contribution is -2.29. The zero-order chi connectivity index (χ0) is 13.7. The van der Waals surface area contributed by atoms with Gasteiger partial charge in [-0.2, -0.15) is 0 Å². The summed E-state index contributed by atoms with van der Waals surface area (Å²) in [5.41, 5.74) is 5.04. The third kappa shape index (κ3) is 3.46. The first-order valence-electron chi connectivity index (χ1n) is 5.65. The molecule has 1 atom stereocenters. The molecule has 0 bridgehead atoms. The monoisotopic (exact) mass is 260 g/mol. The Morgan fingerprint density at radius 3 is 2.44 bits per heavy atom. The van der Waals surface area contributed by atoms with Gasteiger partial charge in [0, 0.05) is 18.7 Å². The van der Waals surface area contributed by atoms with Crippen LogP contribution >= 0.6 is 0 Å². The van der Waals surface area contributed by atoms with Gasteiger partial charge in [0.05, 0.1) is 11.6 Å². The van der Waals surface area contributed by atoms with Crippen molar-refractivity contribution in [3.8, 4) is 0 Å². The maximum Gasteiger partial charge on any atom is 0.228 e. The minimum Gasteiger partial charge on any atom is -0.330 e. The molecule has 1 aromatic carbocycles. The van der Waals surface area contributed by atoms with Crippen molar-refractivity contribution in [2.45, 2.75) is 19.8 Å². The minimum atomic E-state index is -1.30. The van der Waals surface area contributed by atoms with E-state index in [-0.39, 0.29) is 12.2 Å². The number of nitrogens with one attached hydrogen (secondary N) is 1. The Bertz CT molecular complexity index is 438. The van der Waals surface area contributed by atoms with E-state index in [0.29, 0.717) is 18.6 Å². The highest BCUT2D eigenvalue weighted by Crippen LogP contribution is 2.19. The van der Waals surface area contributed by atoms with E-state index in [1.54, 1.807) is 0 Å². The van der Waals surface area contributed by atoms with Crippen molar-refractivity contribution in [1.82, 2.24) is 0 Å². The summed E-state index contributed by atoms with van der Waals surface area (Å²) in [6.07, 6.45) is 1.29.